The van der Waals surface area contributed by atoms with Crippen LogP contribution >= 0.6 is 0 Å². The normalized spacial score (nSPS) is 2.00. The fourth-order valence-corrected chi connectivity index (χ4v) is 0. The van der Waals surface area contributed by atoms with Crippen molar-refractivity contribution in [3.8, 4) is 0 Å². The Morgan fingerprint density at radius 3 is 1.25 bits per heavy atom. The molecule has 0 aliphatic rings. The van der Waals surface area contributed by atoms with E-state index in [1.54, 1.807) is 0 Å². The molecule has 0 atom stereocenters. The van der Waals surface area contributed by atoms with Gasteiger partial charge in [-0.05, 0) is 0 Å². The third-order valence-electron chi connectivity index (χ3n) is 0. The second kappa shape index (κ2) is 8.89. The van der Waals surface area contributed by atoms with Gasteiger partial charge in [-0.1, -0.05) is 0 Å². The van der Waals surface area contributed by atoms with Crippen molar-refractivity contribution in [2.75, 3.05) is 0 Å². The van der Waals surface area contributed by atoms with Crippen LogP contribution in [0.4, 0.5) is 0 Å². The van der Waals surface area contributed by atoms with Crippen LogP contribution in [-0.4, -0.2) is 26.2 Å². The maximum atomic E-state index is 8.50. The fraction of sp³-hybridized carbons (Fsp3) is 0. The first-order valence-corrected chi connectivity index (χ1v) is 1.68. The van der Waals surface area contributed by atoms with Crippen LogP contribution in [0.15, 0.2) is 0 Å². The van der Waals surface area contributed by atoms with Gasteiger partial charge in [-0.25, -0.2) is 0 Å². The Labute approximate surface area is 51.7 Å². The zero-order valence-electron chi connectivity index (χ0n) is 2.02. The van der Waals surface area contributed by atoms with Crippen molar-refractivity contribution in [2.24, 2.45) is 0 Å². The van der Waals surface area contributed by atoms with E-state index < -0.39 is 19.1 Å². The van der Waals surface area contributed by atoms with Gasteiger partial charge in [0, 0.05) is 0 Å². The average molecular weight is 292 g/mol. The summed E-state index contributed by atoms with van der Waals surface area (Å²) in [5.74, 6) is 0. The molecule has 0 aromatic rings. The second-order valence-electron chi connectivity index (χ2n) is 0.0833. The van der Waals surface area contributed by atoms with E-state index in [1.165, 1.54) is 0 Å². The Balaban J connectivity index is 0. The van der Waals surface area contributed by atoms with E-state index in [1.807, 2.05) is 0 Å². The summed E-state index contributed by atoms with van der Waals surface area (Å²) in [7, 11) is 0. The Morgan fingerprint density at radius 1 is 1.25 bits per heavy atom. The van der Waals surface area contributed by atoms with Gasteiger partial charge in [-0.3, -0.25) is 0 Å². The molecule has 0 radical (unpaired) electrons. The van der Waals surface area contributed by atoms with Crippen LogP contribution in [0, 0.1) is 0 Å². The number of hydrogen-bond acceptors (Lipinski definition) is 2. The van der Waals surface area contributed by atoms with Crippen molar-refractivity contribution in [3.63, 3.8) is 0 Å². The molecule has 4 heavy (non-hydrogen) atoms. The Bertz CT molecular complexity index is 27.0. The summed E-state index contributed by atoms with van der Waals surface area (Å²) in [5.41, 5.74) is 0. The summed E-state index contributed by atoms with van der Waals surface area (Å²) in [6.45, 7) is 0. The van der Waals surface area contributed by atoms with Crippen LogP contribution < -0.4 is 0 Å². The molecule has 0 aromatic carbocycles. The van der Waals surface area contributed by atoms with Crippen molar-refractivity contribution >= 4 is 26.2 Å². The predicted molar refractivity (Wildman–Crippen MR) is 11.3 cm³/mol. The van der Waals surface area contributed by atoms with Gasteiger partial charge in [0.1, 0.15) is 0 Å². The van der Waals surface area contributed by atoms with Gasteiger partial charge in [0.2, 0.25) is 0 Å². The Morgan fingerprint density at radius 2 is 1.25 bits per heavy atom. The standard InChI is InChI=1S/Bi.2O.Ti.3H. The molecule has 0 aliphatic heterocycles. The monoisotopic (exact) mass is 292 g/mol. The molecule has 2 nitrogen and oxygen atoms in total. The van der Waals surface area contributed by atoms with Crippen molar-refractivity contribution in [2.45, 2.75) is 0 Å². The van der Waals surface area contributed by atoms with Crippen LogP contribution in [-0.2, 0) is 25.7 Å². The predicted octanol–water partition coefficient (Wildman–Crippen LogP) is -1.42. The van der Waals surface area contributed by atoms with Crippen molar-refractivity contribution in [3.05, 3.63) is 0 Å². The molecule has 0 saturated heterocycles. The van der Waals surface area contributed by atoms with E-state index in [2.05, 4.69) is 0 Å². The van der Waals surface area contributed by atoms with Crippen molar-refractivity contribution < 1.29 is 25.7 Å². The SMILES string of the molecule is [BiH3].[O]=[Ti]=[O]. The van der Waals surface area contributed by atoms with Gasteiger partial charge in [0.05, 0.1) is 0 Å². The molecular formula is H3BiO2Ti. The molecule has 0 bridgehead atoms. The summed E-state index contributed by atoms with van der Waals surface area (Å²) < 4.78 is 17.0. The molecule has 0 spiro atoms. The maximum absolute atomic E-state index is 8.50. The molecule has 0 fully saturated rings. The first-order valence-electron chi connectivity index (χ1n) is 0.408. The molecule has 0 amide bonds. The molecule has 4 heteroatoms. The molecule has 0 heterocycles. The molecule has 24 valence electrons. The van der Waals surface area contributed by atoms with Gasteiger partial charge >= 0.3 is 51.9 Å². The molecule has 0 saturated carbocycles. The quantitative estimate of drug-likeness (QED) is 0.513. The van der Waals surface area contributed by atoms with Gasteiger partial charge < -0.3 is 0 Å². The summed E-state index contributed by atoms with van der Waals surface area (Å²) in [5, 5.41) is 0. The van der Waals surface area contributed by atoms with E-state index in [0.29, 0.717) is 0 Å². The Kier molecular flexibility index (Phi) is 19.9. The minimum atomic E-state index is -2.00. The molecular weight excluding hydrogens is 289 g/mol. The summed E-state index contributed by atoms with van der Waals surface area (Å²) >= 11 is -2.00. The molecule has 0 rings (SSSR count). The van der Waals surface area contributed by atoms with Crippen LogP contribution in [0.3, 0.4) is 0 Å². The van der Waals surface area contributed by atoms with E-state index in [9.17, 15) is 0 Å². The van der Waals surface area contributed by atoms with E-state index in [0.717, 1.165) is 0 Å². The fourth-order valence-electron chi connectivity index (χ4n) is 0. The summed E-state index contributed by atoms with van der Waals surface area (Å²) in [6.07, 6.45) is 0. The zero-order chi connectivity index (χ0) is 2.71. The van der Waals surface area contributed by atoms with Gasteiger partial charge in [-0.2, -0.15) is 0 Å². The third kappa shape index (κ3) is 10.8. The number of rotatable bonds is 0. The number of hydrogen-bond donors (Lipinski definition) is 0. The van der Waals surface area contributed by atoms with E-state index in [4.69, 9.17) is 6.65 Å². The van der Waals surface area contributed by atoms with E-state index >= 15 is 0 Å². The van der Waals surface area contributed by atoms with Crippen LogP contribution in [0.25, 0.3) is 0 Å². The second-order valence-corrected chi connectivity index (χ2v) is 0.344. The first-order chi connectivity index (χ1) is 1.41. The van der Waals surface area contributed by atoms with Gasteiger partial charge in [0.15, 0.2) is 0 Å². The molecule has 0 unspecified atom stereocenters. The van der Waals surface area contributed by atoms with Crippen molar-refractivity contribution in [1.29, 1.82) is 0 Å². The third-order valence-corrected chi connectivity index (χ3v) is 0. The topological polar surface area (TPSA) is 34.1 Å². The summed E-state index contributed by atoms with van der Waals surface area (Å²) in [6, 6.07) is 0. The van der Waals surface area contributed by atoms with Gasteiger partial charge in [0.25, 0.3) is 0 Å². The van der Waals surface area contributed by atoms with Crippen molar-refractivity contribution in [1.82, 2.24) is 0 Å². The average Bonchev–Trinajstić information content (AvgIpc) is 0.918. The minimum absolute atomic E-state index is 0. The van der Waals surface area contributed by atoms with Crippen LogP contribution in [0.5, 0.6) is 0 Å². The molecule has 0 aliphatic carbocycles. The molecule has 0 aromatic heterocycles. The van der Waals surface area contributed by atoms with Crippen LogP contribution in [0.2, 0.25) is 0 Å². The van der Waals surface area contributed by atoms with E-state index in [-0.39, 0.29) is 26.2 Å². The Hall–Kier alpha value is 1.20. The first kappa shape index (κ1) is 8.96. The molecule has 0 N–H and O–H groups in total. The van der Waals surface area contributed by atoms with Crippen LogP contribution in [0.1, 0.15) is 0 Å². The summed E-state index contributed by atoms with van der Waals surface area (Å²) in [4.78, 5) is 0. The van der Waals surface area contributed by atoms with Gasteiger partial charge in [-0.15, -0.1) is 0 Å². The zero-order valence-corrected chi connectivity index (χ0v) is 9.08.